The fraction of sp³-hybridized carbons (Fsp3) is 0.421. The van der Waals surface area contributed by atoms with Gasteiger partial charge in [0.05, 0.1) is 18.4 Å². The van der Waals surface area contributed by atoms with Gasteiger partial charge in [-0.15, -0.1) is 0 Å². The lowest BCUT2D eigenvalue weighted by Gasteiger charge is -2.15. The summed E-state index contributed by atoms with van der Waals surface area (Å²) in [4.78, 5) is 15.1. The van der Waals surface area contributed by atoms with Crippen LogP contribution in [0.2, 0.25) is 0 Å². The van der Waals surface area contributed by atoms with Crippen LogP contribution in [0.1, 0.15) is 50.3 Å². The highest BCUT2D eigenvalue weighted by atomic mass is 32.1. The Bertz CT molecular complexity index is 964. The zero-order valence-corrected chi connectivity index (χ0v) is 16.3. The van der Waals surface area contributed by atoms with Crippen LogP contribution in [0.15, 0.2) is 34.2 Å². The van der Waals surface area contributed by atoms with Crippen LogP contribution in [-0.4, -0.2) is 27.0 Å². The molecule has 3 N–H and O–H groups in total. The molecule has 0 spiro atoms. The number of nitrogens with zero attached hydrogens (tertiary/aromatic N) is 2. The monoisotopic (exact) mass is 388 g/mol. The van der Waals surface area contributed by atoms with Crippen LogP contribution in [0, 0.1) is 4.77 Å². The van der Waals surface area contributed by atoms with Crippen molar-refractivity contribution in [1.29, 1.82) is 0 Å². The largest absolute Gasteiger partial charge is 0.494 e. The van der Waals surface area contributed by atoms with Gasteiger partial charge in [0.2, 0.25) is 5.88 Å². The van der Waals surface area contributed by atoms with E-state index in [2.05, 4.69) is 22.4 Å². The molecule has 3 rings (SSSR count). The van der Waals surface area contributed by atoms with Crippen molar-refractivity contribution in [3.8, 4) is 11.6 Å². The van der Waals surface area contributed by atoms with Crippen molar-refractivity contribution in [2.75, 3.05) is 6.61 Å². The molecular formula is C19H24N4O3S. The standard InChI is InChI=1S/C19H24N4O3S/c1-3-5-10-23-18(25)16(17(24)20-19(23)27)14-11-13(21-22-14)12-8-6-7-9-15(12)26-4-2/h6-9,13,21,25H,3-5,10-11H2,1-2H3,(H,20,24,27). The quantitative estimate of drug-likeness (QED) is 0.633. The van der Waals surface area contributed by atoms with Crippen LogP contribution in [0.3, 0.4) is 0 Å². The van der Waals surface area contributed by atoms with Gasteiger partial charge in [0.15, 0.2) is 4.77 Å². The fourth-order valence-electron chi connectivity index (χ4n) is 3.18. The molecule has 1 aliphatic rings. The van der Waals surface area contributed by atoms with Gasteiger partial charge in [-0.05, 0) is 31.6 Å². The van der Waals surface area contributed by atoms with Gasteiger partial charge < -0.3 is 15.3 Å². The molecule has 2 aromatic rings. The van der Waals surface area contributed by atoms with Gasteiger partial charge in [-0.3, -0.25) is 14.3 Å². The number of para-hydroxylation sites is 1. The Morgan fingerprint density at radius 1 is 1.37 bits per heavy atom. The van der Waals surface area contributed by atoms with Crippen LogP contribution in [0.5, 0.6) is 11.6 Å². The minimum Gasteiger partial charge on any atom is -0.494 e. The van der Waals surface area contributed by atoms with Crippen LogP contribution in [0.4, 0.5) is 0 Å². The molecule has 0 saturated heterocycles. The minimum absolute atomic E-state index is 0.128. The summed E-state index contributed by atoms with van der Waals surface area (Å²) in [5.74, 6) is 0.655. The van der Waals surface area contributed by atoms with Gasteiger partial charge in [-0.2, -0.15) is 5.10 Å². The number of ether oxygens (including phenoxy) is 1. The molecule has 27 heavy (non-hydrogen) atoms. The molecule has 1 aliphatic heterocycles. The van der Waals surface area contributed by atoms with Gasteiger partial charge in [-0.25, -0.2) is 0 Å². The second kappa shape index (κ2) is 8.39. The molecule has 0 amide bonds. The first-order valence-corrected chi connectivity index (χ1v) is 9.57. The number of aromatic amines is 1. The molecule has 0 fully saturated rings. The van der Waals surface area contributed by atoms with Crippen molar-refractivity contribution in [3.05, 3.63) is 50.5 Å². The Morgan fingerprint density at radius 2 is 2.15 bits per heavy atom. The highest BCUT2D eigenvalue weighted by Gasteiger charge is 2.28. The fourth-order valence-corrected chi connectivity index (χ4v) is 3.45. The van der Waals surface area contributed by atoms with Gasteiger partial charge in [0.1, 0.15) is 11.3 Å². The second-order valence-corrected chi connectivity index (χ2v) is 6.76. The number of nitrogens with one attached hydrogen (secondary N) is 2. The van der Waals surface area contributed by atoms with E-state index in [1.807, 2.05) is 31.2 Å². The van der Waals surface area contributed by atoms with Gasteiger partial charge in [0.25, 0.3) is 5.56 Å². The maximum absolute atomic E-state index is 12.5. The number of hydrogen-bond donors (Lipinski definition) is 3. The third-order valence-corrected chi connectivity index (χ3v) is 4.87. The molecule has 0 saturated carbocycles. The first-order valence-electron chi connectivity index (χ1n) is 9.17. The minimum atomic E-state index is -0.426. The van der Waals surface area contributed by atoms with E-state index in [1.165, 1.54) is 0 Å². The maximum atomic E-state index is 12.5. The predicted molar refractivity (Wildman–Crippen MR) is 107 cm³/mol. The highest BCUT2D eigenvalue weighted by molar-refractivity contribution is 7.71. The first kappa shape index (κ1) is 19.2. The summed E-state index contributed by atoms with van der Waals surface area (Å²) in [5, 5.41) is 15.0. The average Bonchev–Trinajstić information content (AvgIpc) is 3.11. The van der Waals surface area contributed by atoms with Crippen molar-refractivity contribution >= 4 is 17.9 Å². The topological polar surface area (TPSA) is 91.6 Å². The second-order valence-electron chi connectivity index (χ2n) is 6.38. The van der Waals surface area contributed by atoms with E-state index in [0.29, 0.717) is 25.3 Å². The maximum Gasteiger partial charge on any atom is 0.264 e. The lowest BCUT2D eigenvalue weighted by atomic mass is 9.99. The average molecular weight is 388 g/mol. The summed E-state index contributed by atoms with van der Waals surface area (Å²) in [6, 6.07) is 7.61. The van der Waals surface area contributed by atoms with Crippen molar-refractivity contribution in [2.45, 2.75) is 45.7 Å². The summed E-state index contributed by atoms with van der Waals surface area (Å²) in [7, 11) is 0. The van der Waals surface area contributed by atoms with Crippen LogP contribution < -0.4 is 15.7 Å². The SMILES string of the molecule is CCCCn1c(O)c(C2=NNC(c3ccccc3OCC)C2)c(=O)[nH]c1=S. The van der Waals surface area contributed by atoms with Crippen molar-refractivity contribution in [2.24, 2.45) is 5.10 Å². The number of aromatic hydroxyl groups is 1. The number of unbranched alkanes of at least 4 members (excludes halogenated alkanes) is 1. The number of benzene rings is 1. The van der Waals surface area contributed by atoms with Crippen molar-refractivity contribution in [3.63, 3.8) is 0 Å². The Kier molecular flexibility index (Phi) is 5.95. The van der Waals surface area contributed by atoms with E-state index < -0.39 is 5.56 Å². The third kappa shape index (κ3) is 3.90. The molecule has 2 heterocycles. The summed E-state index contributed by atoms with van der Waals surface area (Å²) in [5.41, 5.74) is 4.27. The summed E-state index contributed by atoms with van der Waals surface area (Å²) >= 11 is 5.20. The Balaban J connectivity index is 1.92. The normalized spacial score (nSPS) is 16.1. The van der Waals surface area contributed by atoms with Crippen LogP contribution in [0.25, 0.3) is 0 Å². The highest BCUT2D eigenvalue weighted by Crippen LogP contribution is 2.32. The van der Waals surface area contributed by atoms with E-state index >= 15 is 0 Å². The zero-order chi connectivity index (χ0) is 19.4. The Labute approximate surface area is 162 Å². The number of aromatic nitrogens is 2. The van der Waals surface area contributed by atoms with E-state index in [0.717, 1.165) is 24.2 Å². The molecule has 1 atom stereocenters. The summed E-state index contributed by atoms with van der Waals surface area (Å²) in [6.45, 7) is 5.10. The molecule has 7 nitrogen and oxygen atoms in total. The first-order chi connectivity index (χ1) is 13.1. The molecule has 0 radical (unpaired) electrons. The molecule has 8 heteroatoms. The lowest BCUT2D eigenvalue weighted by Crippen LogP contribution is -2.23. The summed E-state index contributed by atoms with van der Waals surface area (Å²) in [6.07, 6.45) is 2.27. The third-order valence-electron chi connectivity index (χ3n) is 4.54. The van der Waals surface area contributed by atoms with E-state index in [1.54, 1.807) is 4.57 Å². The molecule has 1 aromatic carbocycles. The lowest BCUT2D eigenvalue weighted by molar-refractivity contribution is 0.332. The summed E-state index contributed by atoms with van der Waals surface area (Å²) < 4.78 is 7.47. The number of H-pyrrole nitrogens is 1. The molecule has 1 unspecified atom stereocenters. The zero-order valence-electron chi connectivity index (χ0n) is 15.5. The van der Waals surface area contributed by atoms with E-state index in [4.69, 9.17) is 17.0 Å². The van der Waals surface area contributed by atoms with Crippen molar-refractivity contribution in [1.82, 2.24) is 15.0 Å². The molecule has 0 bridgehead atoms. The van der Waals surface area contributed by atoms with Gasteiger partial charge in [-0.1, -0.05) is 31.5 Å². The van der Waals surface area contributed by atoms with Crippen LogP contribution >= 0.6 is 12.2 Å². The van der Waals surface area contributed by atoms with Gasteiger partial charge >= 0.3 is 0 Å². The molecule has 1 aromatic heterocycles. The smallest absolute Gasteiger partial charge is 0.264 e. The van der Waals surface area contributed by atoms with Crippen molar-refractivity contribution < 1.29 is 9.84 Å². The number of hydrogen-bond acceptors (Lipinski definition) is 6. The predicted octanol–water partition coefficient (Wildman–Crippen LogP) is 3.25. The molecule has 144 valence electrons. The van der Waals surface area contributed by atoms with Crippen LogP contribution in [-0.2, 0) is 6.54 Å². The number of rotatable bonds is 7. The van der Waals surface area contributed by atoms with E-state index in [-0.39, 0.29) is 22.3 Å². The number of hydrazone groups is 1. The Morgan fingerprint density at radius 3 is 2.89 bits per heavy atom. The van der Waals surface area contributed by atoms with Gasteiger partial charge in [0, 0.05) is 18.5 Å². The Hall–Kier alpha value is -2.61. The molecule has 0 aliphatic carbocycles. The van der Waals surface area contributed by atoms with E-state index in [9.17, 15) is 9.90 Å². The molecular weight excluding hydrogens is 364 g/mol.